The molecule has 5 nitrogen and oxygen atoms in total. The minimum Gasteiger partial charge on any atom is -0.458 e. The van der Waals surface area contributed by atoms with Crippen molar-refractivity contribution in [2.45, 2.75) is 132 Å². The van der Waals surface area contributed by atoms with Crippen molar-refractivity contribution in [1.29, 1.82) is 0 Å². The Bertz CT molecular complexity index is 897. The molecule has 1 N–H and O–H groups in total. The van der Waals surface area contributed by atoms with Crippen LogP contribution in [0.25, 0.3) is 0 Å². The summed E-state index contributed by atoms with van der Waals surface area (Å²) in [6.45, 7) is -1.15. The Morgan fingerprint density at radius 2 is 1.07 bits per heavy atom. The molecule has 246 valence electrons. The summed E-state index contributed by atoms with van der Waals surface area (Å²) in [4.78, 5) is 11.9. The van der Waals surface area contributed by atoms with E-state index in [1.165, 1.54) is 0 Å². The van der Waals surface area contributed by atoms with E-state index in [2.05, 4.69) is 11.7 Å². The molecule has 1 atom stereocenters. The van der Waals surface area contributed by atoms with Crippen LogP contribution in [0.2, 0.25) is 0 Å². The number of alkyl halides is 12. The number of hydrogen-bond donors (Lipinski definition) is 1. The fourth-order valence-corrected chi connectivity index (χ4v) is 4.45. The summed E-state index contributed by atoms with van der Waals surface area (Å²) in [6, 6.07) is 0. The summed E-state index contributed by atoms with van der Waals surface area (Å²) < 4.78 is 194. The van der Waals surface area contributed by atoms with Crippen molar-refractivity contribution in [3.63, 3.8) is 0 Å². The second kappa shape index (κ2) is 15.8. The molecule has 0 saturated heterocycles. The highest BCUT2D eigenvalue weighted by molar-refractivity contribution is 7.87. The number of halogens is 12. The van der Waals surface area contributed by atoms with Crippen LogP contribution in [-0.4, -0.2) is 66.8 Å². The van der Waals surface area contributed by atoms with Gasteiger partial charge in [0.15, 0.2) is 11.9 Å². The van der Waals surface area contributed by atoms with Gasteiger partial charge in [-0.05, 0) is 6.42 Å². The lowest BCUT2D eigenvalue weighted by molar-refractivity contribution is -0.414. The van der Waals surface area contributed by atoms with Crippen molar-refractivity contribution >= 4 is 16.1 Å². The molecule has 0 aromatic carbocycles. The first-order chi connectivity index (χ1) is 18.5. The number of esters is 1. The average molecular weight is 651 g/mol. The molecule has 0 aromatic heterocycles. The Balaban J connectivity index is 5.08. The van der Waals surface area contributed by atoms with Gasteiger partial charge < -0.3 is 4.74 Å². The van der Waals surface area contributed by atoms with Crippen LogP contribution in [0, 0.1) is 0 Å². The zero-order valence-corrected chi connectivity index (χ0v) is 22.9. The standard InChI is InChI=1S/C23H34F12O5S/c1-2-3-4-5-6-7-8-9-10-11-12-13-14-16(41(37,38)39)17(36)40-15-19(26,27)21(30,31)23(34,35)22(32,33)20(28,29)18(24)25/h16,18H,2-15H2,1H3,(H,37,38,39). The molecule has 0 fully saturated rings. The number of hydrogen-bond acceptors (Lipinski definition) is 4. The highest BCUT2D eigenvalue weighted by atomic mass is 32.2. The zero-order valence-electron chi connectivity index (χ0n) is 22.1. The van der Waals surface area contributed by atoms with Crippen LogP contribution >= 0.6 is 0 Å². The monoisotopic (exact) mass is 650 g/mol. The number of carbonyl (C=O) groups excluding carboxylic acids is 1. The Hall–Kier alpha value is -1.46. The normalized spacial score (nSPS) is 14.9. The second-order valence-electron chi connectivity index (χ2n) is 9.64. The lowest BCUT2D eigenvalue weighted by atomic mass is 9.94. The van der Waals surface area contributed by atoms with Crippen LogP contribution in [0.4, 0.5) is 52.7 Å². The predicted octanol–water partition coefficient (Wildman–Crippen LogP) is 8.32. The minimum absolute atomic E-state index is 0.129. The van der Waals surface area contributed by atoms with Crippen LogP contribution in [0.5, 0.6) is 0 Å². The van der Waals surface area contributed by atoms with Crippen molar-refractivity contribution in [3.05, 3.63) is 0 Å². The molecule has 0 heterocycles. The van der Waals surface area contributed by atoms with E-state index >= 15 is 0 Å². The fourth-order valence-electron chi connectivity index (χ4n) is 3.68. The largest absolute Gasteiger partial charge is 0.458 e. The van der Waals surface area contributed by atoms with Gasteiger partial charge in [0.25, 0.3) is 10.1 Å². The Kier molecular flexibility index (Phi) is 15.3. The van der Waals surface area contributed by atoms with Gasteiger partial charge in [-0.3, -0.25) is 9.35 Å². The maximum absolute atomic E-state index is 13.8. The molecule has 0 aliphatic carbocycles. The Morgan fingerprint density at radius 3 is 1.44 bits per heavy atom. The maximum atomic E-state index is 13.8. The molecule has 1 unspecified atom stereocenters. The molecule has 18 heteroatoms. The first-order valence-corrected chi connectivity index (χ1v) is 14.3. The van der Waals surface area contributed by atoms with Gasteiger partial charge in [-0.2, -0.15) is 52.3 Å². The van der Waals surface area contributed by atoms with Gasteiger partial charge in [-0.25, -0.2) is 8.78 Å². The van der Waals surface area contributed by atoms with Gasteiger partial charge in [0.2, 0.25) is 0 Å². The topological polar surface area (TPSA) is 80.7 Å². The molecule has 41 heavy (non-hydrogen) atoms. The predicted molar refractivity (Wildman–Crippen MR) is 123 cm³/mol. The molecule has 0 spiro atoms. The van der Waals surface area contributed by atoms with Crippen molar-refractivity contribution in [2.24, 2.45) is 0 Å². The summed E-state index contributed by atoms with van der Waals surface area (Å²) in [5, 5.41) is -2.65. The van der Waals surface area contributed by atoms with E-state index < -0.39 is 70.4 Å². The van der Waals surface area contributed by atoms with Crippen molar-refractivity contribution in [2.75, 3.05) is 6.61 Å². The molecule has 0 rings (SSSR count). The van der Waals surface area contributed by atoms with E-state index in [4.69, 9.17) is 4.55 Å². The summed E-state index contributed by atoms with van der Waals surface area (Å²) >= 11 is 0. The number of carbonyl (C=O) groups is 1. The van der Waals surface area contributed by atoms with E-state index in [0.29, 0.717) is 12.8 Å². The van der Waals surface area contributed by atoms with E-state index in [1.807, 2.05) is 0 Å². The molecule has 0 saturated carbocycles. The van der Waals surface area contributed by atoms with Crippen molar-refractivity contribution < 1.29 is 75.2 Å². The van der Waals surface area contributed by atoms with E-state index in [9.17, 15) is 65.9 Å². The number of rotatable bonds is 22. The quantitative estimate of drug-likeness (QED) is 0.0552. The molecule has 0 aromatic rings. The Morgan fingerprint density at radius 1 is 0.683 bits per heavy atom. The highest BCUT2D eigenvalue weighted by Gasteiger charge is 2.87. The van der Waals surface area contributed by atoms with Crippen molar-refractivity contribution in [3.8, 4) is 0 Å². The lowest BCUT2D eigenvalue weighted by Crippen LogP contribution is -2.69. The molecule has 0 aliphatic rings. The summed E-state index contributed by atoms with van der Waals surface area (Å²) in [5.41, 5.74) is 0. The third-order valence-electron chi connectivity index (χ3n) is 6.28. The average Bonchev–Trinajstić information content (AvgIpc) is 2.84. The van der Waals surface area contributed by atoms with Crippen LogP contribution in [0.1, 0.15) is 90.4 Å². The molecule has 0 radical (unpaired) electrons. The van der Waals surface area contributed by atoms with Gasteiger partial charge in [-0.1, -0.05) is 84.0 Å². The van der Waals surface area contributed by atoms with Gasteiger partial charge in [0, 0.05) is 0 Å². The van der Waals surface area contributed by atoms with Gasteiger partial charge >= 0.3 is 42.0 Å². The van der Waals surface area contributed by atoms with Crippen LogP contribution in [0.3, 0.4) is 0 Å². The molecular formula is C23H34F12O5S. The van der Waals surface area contributed by atoms with Gasteiger partial charge in [0.05, 0.1) is 0 Å². The number of unbranched alkanes of at least 4 members (excludes halogenated alkanes) is 11. The zero-order chi connectivity index (χ0) is 32.3. The van der Waals surface area contributed by atoms with E-state index in [1.54, 1.807) is 0 Å². The lowest BCUT2D eigenvalue weighted by Gasteiger charge is -2.38. The Labute approximate surface area is 230 Å². The summed E-state index contributed by atoms with van der Waals surface area (Å²) in [5.74, 6) is -39.2. The first kappa shape index (κ1) is 39.5. The summed E-state index contributed by atoms with van der Waals surface area (Å²) in [7, 11) is -5.42. The fraction of sp³-hybridized carbons (Fsp3) is 0.957. The maximum Gasteiger partial charge on any atom is 0.384 e. The smallest absolute Gasteiger partial charge is 0.384 e. The highest BCUT2D eigenvalue weighted by Crippen LogP contribution is 2.58. The molecule has 0 bridgehead atoms. The van der Waals surface area contributed by atoms with E-state index in [0.717, 1.165) is 51.4 Å². The number of ether oxygens (including phenoxy) is 1. The summed E-state index contributed by atoms with van der Waals surface area (Å²) in [6.07, 6.45) is 3.34. The van der Waals surface area contributed by atoms with Crippen LogP contribution in [-0.2, 0) is 19.6 Å². The van der Waals surface area contributed by atoms with Crippen LogP contribution in [0.15, 0.2) is 0 Å². The minimum atomic E-state index is -7.81. The van der Waals surface area contributed by atoms with Gasteiger partial charge in [-0.15, -0.1) is 0 Å². The second-order valence-corrected chi connectivity index (χ2v) is 11.2. The third-order valence-corrected chi connectivity index (χ3v) is 7.43. The molecule has 0 aliphatic heterocycles. The molecule has 0 amide bonds. The van der Waals surface area contributed by atoms with Crippen molar-refractivity contribution in [1.82, 2.24) is 0 Å². The molecular weight excluding hydrogens is 616 g/mol. The van der Waals surface area contributed by atoms with Crippen LogP contribution < -0.4 is 0 Å². The van der Waals surface area contributed by atoms with Gasteiger partial charge in [0.1, 0.15) is 0 Å². The SMILES string of the molecule is CCCCCCCCCCCCCCC(C(=O)OCC(F)(F)C(F)(F)C(F)(F)C(F)(F)C(F)(F)C(F)F)S(=O)(=O)O. The first-order valence-electron chi connectivity index (χ1n) is 12.8. The third kappa shape index (κ3) is 10.3. The van der Waals surface area contributed by atoms with E-state index in [-0.39, 0.29) is 12.8 Å².